The molecule has 0 bridgehead atoms. The number of hydrogen-bond acceptors (Lipinski definition) is 1. The molecule has 1 fully saturated rings. The van der Waals surface area contributed by atoms with Crippen molar-refractivity contribution in [1.82, 2.24) is 0 Å². The molecule has 0 saturated heterocycles. The molecule has 16 heavy (non-hydrogen) atoms. The second-order valence-electron chi connectivity index (χ2n) is 5.01. The van der Waals surface area contributed by atoms with Gasteiger partial charge in [-0.2, -0.15) is 0 Å². The molecule has 0 aliphatic heterocycles. The van der Waals surface area contributed by atoms with Crippen LogP contribution in [0.1, 0.15) is 44.6 Å². The van der Waals surface area contributed by atoms with E-state index in [1.165, 1.54) is 12.5 Å². The third-order valence-corrected chi connectivity index (χ3v) is 3.88. The lowest BCUT2D eigenvalue weighted by Crippen LogP contribution is -2.42. The second kappa shape index (κ2) is 4.54. The van der Waals surface area contributed by atoms with Crippen molar-refractivity contribution in [3.63, 3.8) is 0 Å². The molecular formula is C14H20FN. The average molecular weight is 221 g/mol. The maximum absolute atomic E-state index is 13.8. The number of nitrogens with two attached hydrogens (primary N) is 1. The molecule has 0 aromatic heterocycles. The molecule has 1 saturated carbocycles. The van der Waals surface area contributed by atoms with E-state index in [9.17, 15) is 4.39 Å². The Labute approximate surface area is 96.9 Å². The monoisotopic (exact) mass is 221 g/mol. The summed E-state index contributed by atoms with van der Waals surface area (Å²) in [6.45, 7) is 2.19. The molecule has 2 unspecified atom stereocenters. The molecule has 1 aromatic rings. The number of benzene rings is 1. The Bertz CT molecular complexity index is 364. The Balaban J connectivity index is 2.27. The second-order valence-corrected chi connectivity index (χ2v) is 5.01. The van der Waals surface area contributed by atoms with Crippen molar-refractivity contribution in [2.24, 2.45) is 11.7 Å². The zero-order chi connectivity index (χ0) is 11.6. The molecule has 2 rings (SSSR count). The third-order valence-electron chi connectivity index (χ3n) is 3.88. The Morgan fingerprint density at radius 2 is 2.19 bits per heavy atom. The highest BCUT2D eigenvalue weighted by Gasteiger charge is 2.35. The van der Waals surface area contributed by atoms with Gasteiger partial charge in [0.2, 0.25) is 0 Å². The quantitative estimate of drug-likeness (QED) is 0.811. The Morgan fingerprint density at radius 3 is 2.88 bits per heavy atom. The van der Waals surface area contributed by atoms with Crippen LogP contribution in [-0.2, 0) is 5.54 Å². The molecule has 88 valence electrons. The largest absolute Gasteiger partial charge is 0.321 e. The van der Waals surface area contributed by atoms with Crippen molar-refractivity contribution in [3.05, 3.63) is 35.6 Å². The molecule has 2 N–H and O–H groups in total. The normalized spacial score (nSPS) is 30.3. The molecule has 1 aliphatic rings. The van der Waals surface area contributed by atoms with Crippen LogP contribution >= 0.6 is 0 Å². The van der Waals surface area contributed by atoms with Crippen LogP contribution in [0, 0.1) is 11.7 Å². The predicted molar refractivity (Wildman–Crippen MR) is 64.5 cm³/mol. The molecule has 2 heteroatoms. The molecule has 0 amide bonds. The van der Waals surface area contributed by atoms with Gasteiger partial charge in [0.05, 0.1) is 0 Å². The summed E-state index contributed by atoms with van der Waals surface area (Å²) in [7, 11) is 0. The van der Waals surface area contributed by atoms with Gasteiger partial charge in [0, 0.05) is 11.1 Å². The zero-order valence-corrected chi connectivity index (χ0v) is 9.88. The summed E-state index contributed by atoms with van der Waals surface area (Å²) in [4.78, 5) is 0. The van der Waals surface area contributed by atoms with Crippen LogP contribution in [0.4, 0.5) is 4.39 Å². The van der Waals surface area contributed by atoms with Crippen LogP contribution in [-0.4, -0.2) is 0 Å². The summed E-state index contributed by atoms with van der Waals surface area (Å²) >= 11 is 0. The van der Waals surface area contributed by atoms with Gasteiger partial charge in [0.15, 0.2) is 0 Å². The summed E-state index contributed by atoms with van der Waals surface area (Å²) in [6.07, 6.45) is 5.33. The van der Waals surface area contributed by atoms with Gasteiger partial charge in [0.1, 0.15) is 5.82 Å². The molecule has 2 atom stereocenters. The minimum absolute atomic E-state index is 0.151. The van der Waals surface area contributed by atoms with Gasteiger partial charge in [-0.15, -0.1) is 0 Å². The van der Waals surface area contributed by atoms with E-state index >= 15 is 0 Å². The van der Waals surface area contributed by atoms with Crippen LogP contribution < -0.4 is 5.73 Å². The lowest BCUT2D eigenvalue weighted by atomic mass is 9.72. The molecular weight excluding hydrogens is 201 g/mol. The van der Waals surface area contributed by atoms with E-state index in [0.29, 0.717) is 11.5 Å². The van der Waals surface area contributed by atoms with E-state index in [1.54, 1.807) is 6.07 Å². The fourth-order valence-corrected chi connectivity index (χ4v) is 2.88. The standard InChI is InChI=1S/C14H20FN/c1-2-11-6-5-9-14(16,10-11)12-7-3-4-8-13(12)15/h3-4,7-8,11H,2,5-6,9-10,16H2,1H3. The average Bonchev–Trinajstić information content (AvgIpc) is 2.29. The maximum atomic E-state index is 13.8. The van der Waals surface area contributed by atoms with E-state index in [4.69, 9.17) is 5.73 Å². The Morgan fingerprint density at radius 1 is 1.44 bits per heavy atom. The summed E-state index contributed by atoms with van der Waals surface area (Å²) < 4.78 is 13.8. The van der Waals surface area contributed by atoms with Crippen molar-refractivity contribution in [2.75, 3.05) is 0 Å². The number of halogens is 1. The number of hydrogen-bond donors (Lipinski definition) is 1. The highest BCUT2D eigenvalue weighted by molar-refractivity contribution is 5.26. The van der Waals surface area contributed by atoms with Crippen LogP contribution in [0.25, 0.3) is 0 Å². The first kappa shape index (κ1) is 11.6. The first-order chi connectivity index (χ1) is 7.65. The highest BCUT2D eigenvalue weighted by Crippen LogP contribution is 2.39. The maximum Gasteiger partial charge on any atom is 0.128 e. The highest BCUT2D eigenvalue weighted by atomic mass is 19.1. The Hall–Kier alpha value is -0.890. The van der Waals surface area contributed by atoms with E-state index in [-0.39, 0.29) is 5.82 Å². The molecule has 0 spiro atoms. The van der Waals surface area contributed by atoms with Crippen molar-refractivity contribution >= 4 is 0 Å². The van der Waals surface area contributed by atoms with Gasteiger partial charge in [-0.05, 0) is 24.8 Å². The Kier molecular flexibility index (Phi) is 3.29. The van der Waals surface area contributed by atoms with Crippen molar-refractivity contribution in [2.45, 2.75) is 44.6 Å². The van der Waals surface area contributed by atoms with Crippen LogP contribution in [0.5, 0.6) is 0 Å². The summed E-state index contributed by atoms with van der Waals surface area (Å²) in [5, 5.41) is 0. The summed E-state index contributed by atoms with van der Waals surface area (Å²) in [5.74, 6) is 0.500. The zero-order valence-electron chi connectivity index (χ0n) is 9.88. The fraction of sp³-hybridized carbons (Fsp3) is 0.571. The first-order valence-electron chi connectivity index (χ1n) is 6.19. The minimum atomic E-state index is -0.440. The topological polar surface area (TPSA) is 26.0 Å². The van der Waals surface area contributed by atoms with Gasteiger partial charge in [-0.25, -0.2) is 4.39 Å². The third kappa shape index (κ3) is 2.12. The van der Waals surface area contributed by atoms with E-state index in [2.05, 4.69) is 6.92 Å². The molecule has 1 aliphatic carbocycles. The first-order valence-corrected chi connectivity index (χ1v) is 6.19. The molecule has 1 nitrogen and oxygen atoms in total. The fourth-order valence-electron chi connectivity index (χ4n) is 2.88. The smallest absolute Gasteiger partial charge is 0.128 e. The summed E-state index contributed by atoms with van der Waals surface area (Å²) in [5.41, 5.74) is 6.67. The van der Waals surface area contributed by atoms with Crippen LogP contribution in [0.15, 0.2) is 24.3 Å². The predicted octanol–water partition coefficient (Wildman–Crippen LogP) is 3.58. The lowest BCUT2D eigenvalue weighted by Gasteiger charge is -2.38. The van der Waals surface area contributed by atoms with Crippen molar-refractivity contribution < 1.29 is 4.39 Å². The summed E-state index contributed by atoms with van der Waals surface area (Å²) in [6, 6.07) is 6.96. The molecule has 0 heterocycles. The molecule has 0 radical (unpaired) electrons. The van der Waals surface area contributed by atoms with Gasteiger partial charge in [-0.3, -0.25) is 0 Å². The van der Waals surface area contributed by atoms with E-state index in [1.807, 2.05) is 12.1 Å². The van der Waals surface area contributed by atoms with Gasteiger partial charge in [0.25, 0.3) is 0 Å². The van der Waals surface area contributed by atoms with Gasteiger partial charge in [-0.1, -0.05) is 44.4 Å². The van der Waals surface area contributed by atoms with Crippen LogP contribution in [0.3, 0.4) is 0 Å². The van der Waals surface area contributed by atoms with Crippen molar-refractivity contribution in [1.29, 1.82) is 0 Å². The van der Waals surface area contributed by atoms with Crippen LogP contribution in [0.2, 0.25) is 0 Å². The van der Waals surface area contributed by atoms with E-state index < -0.39 is 5.54 Å². The van der Waals surface area contributed by atoms with Gasteiger partial charge >= 0.3 is 0 Å². The minimum Gasteiger partial charge on any atom is -0.321 e. The van der Waals surface area contributed by atoms with Gasteiger partial charge < -0.3 is 5.73 Å². The van der Waals surface area contributed by atoms with E-state index in [0.717, 1.165) is 25.7 Å². The SMILES string of the molecule is CCC1CCCC(N)(c2ccccc2F)C1. The lowest BCUT2D eigenvalue weighted by molar-refractivity contribution is 0.216. The molecule has 1 aromatic carbocycles. The number of rotatable bonds is 2. The van der Waals surface area contributed by atoms with Crippen molar-refractivity contribution in [3.8, 4) is 0 Å².